The first kappa shape index (κ1) is 17.0. The van der Waals surface area contributed by atoms with E-state index in [0.29, 0.717) is 18.7 Å². The zero-order chi connectivity index (χ0) is 15.8. The van der Waals surface area contributed by atoms with Crippen molar-refractivity contribution in [2.24, 2.45) is 0 Å². The van der Waals surface area contributed by atoms with Gasteiger partial charge in [-0.15, -0.1) is 23.1 Å². The Hall–Kier alpha value is -1.37. The van der Waals surface area contributed by atoms with Crippen LogP contribution in [0, 0.1) is 6.92 Å². The minimum Gasteiger partial charge on any atom is -0.385 e. The molecule has 1 amide bonds. The topological polar surface area (TPSA) is 51.2 Å². The van der Waals surface area contributed by atoms with Crippen LogP contribution in [-0.4, -0.2) is 31.2 Å². The van der Waals surface area contributed by atoms with E-state index in [-0.39, 0.29) is 5.91 Å². The minimum absolute atomic E-state index is 0.0391. The molecule has 1 heterocycles. The maximum Gasteiger partial charge on any atom is 0.251 e. The molecule has 2 aromatic rings. The SMILES string of the molecule is COCCCNC(=O)c1ccc(SCc2csc(C)n2)cc1. The summed E-state index contributed by atoms with van der Waals surface area (Å²) in [6, 6.07) is 7.68. The van der Waals surface area contributed by atoms with Crippen LogP contribution in [0.1, 0.15) is 27.5 Å². The second-order valence-corrected chi connectivity index (χ2v) is 6.88. The zero-order valence-corrected chi connectivity index (χ0v) is 14.4. The summed E-state index contributed by atoms with van der Waals surface area (Å²) in [5.41, 5.74) is 1.79. The van der Waals surface area contributed by atoms with Crippen molar-refractivity contribution in [1.82, 2.24) is 10.3 Å². The molecule has 0 atom stereocenters. The number of benzene rings is 1. The van der Waals surface area contributed by atoms with Crippen molar-refractivity contribution in [2.75, 3.05) is 20.3 Å². The molecule has 1 aromatic heterocycles. The number of amides is 1. The lowest BCUT2D eigenvalue weighted by molar-refractivity contribution is 0.0948. The lowest BCUT2D eigenvalue weighted by atomic mass is 10.2. The smallest absolute Gasteiger partial charge is 0.251 e. The summed E-state index contributed by atoms with van der Waals surface area (Å²) < 4.78 is 4.95. The van der Waals surface area contributed by atoms with Crippen LogP contribution in [0.15, 0.2) is 34.5 Å². The highest BCUT2D eigenvalue weighted by molar-refractivity contribution is 7.98. The first-order valence-corrected chi connectivity index (χ1v) is 8.96. The molecule has 0 fully saturated rings. The fourth-order valence-electron chi connectivity index (χ4n) is 1.85. The number of rotatable bonds is 8. The average Bonchev–Trinajstić information content (AvgIpc) is 2.95. The second kappa shape index (κ2) is 8.92. The Labute approximate surface area is 139 Å². The Bertz CT molecular complexity index is 596. The molecule has 0 unspecified atom stereocenters. The Morgan fingerprint density at radius 2 is 2.14 bits per heavy atom. The van der Waals surface area contributed by atoms with E-state index in [2.05, 4.69) is 15.7 Å². The number of hydrogen-bond acceptors (Lipinski definition) is 5. The van der Waals surface area contributed by atoms with Gasteiger partial charge in [0, 0.05) is 41.9 Å². The molecule has 0 aliphatic rings. The fraction of sp³-hybridized carbons (Fsp3) is 0.375. The molecule has 6 heteroatoms. The molecule has 0 saturated heterocycles. The van der Waals surface area contributed by atoms with Gasteiger partial charge in [0.25, 0.3) is 5.91 Å². The fourth-order valence-corrected chi connectivity index (χ4v) is 3.36. The molecule has 0 spiro atoms. The number of nitrogens with zero attached hydrogens (tertiary/aromatic N) is 1. The molecule has 118 valence electrons. The van der Waals surface area contributed by atoms with Crippen molar-refractivity contribution in [3.8, 4) is 0 Å². The van der Waals surface area contributed by atoms with Gasteiger partial charge in [0.05, 0.1) is 10.7 Å². The molecule has 0 radical (unpaired) electrons. The summed E-state index contributed by atoms with van der Waals surface area (Å²) in [5, 5.41) is 6.06. The first-order valence-electron chi connectivity index (χ1n) is 7.10. The van der Waals surface area contributed by atoms with Gasteiger partial charge in [-0.3, -0.25) is 4.79 Å². The molecule has 0 aliphatic heterocycles. The normalized spacial score (nSPS) is 10.6. The number of hydrogen-bond donors (Lipinski definition) is 1. The van der Waals surface area contributed by atoms with Crippen molar-refractivity contribution in [3.63, 3.8) is 0 Å². The lowest BCUT2D eigenvalue weighted by Gasteiger charge is -2.06. The number of carbonyl (C=O) groups excluding carboxylic acids is 1. The first-order chi connectivity index (χ1) is 10.7. The molecular formula is C16H20N2O2S2. The molecule has 0 aliphatic carbocycles. The van der Waals surface area contributed by atoms with Gasteiger partial charge in [-0.2, -0.15) is 0 Å². The average molecular weight is 336 g/mol. The third kappa shape index (κ3) is 5.44. The molecule has 2 rings (SSSR count). The van der Waals surface area contributed by atoms with Crippen molar-refractivity contribution in [1.29, 1.82) is 0 Å². The van der Waals surface area contributed by atoms with Gasteiger partial charge in [0.2, 0.25) is 0 Å². The predicted molar refractivity (Wildman–Crippen MR) is 91.7 cm³/mol. The van der Waals surface area contributed by atoms with Gasteiger partial charge in [0.15, 0.2) is 0 Å². The minimum atomic E-state index is -0.0391. The van der Waals surface area contributed by atoms with Gasteiger partial charge in [-0.05, 0) is 37.6 Å². The molecule has 4 nitrogen and oxygen atoms in total. The monoisotopic (exact) mass is 336 g/mol. The Morgan fingerprint density at radius 1 is 1.36 bits per heavy atom. The van der Waals surface area contributed by atoms with Crippen LogP contribution in [0.2, 0.25) is 0 Å². The molecule has 1 aromatic carbocycles. The summed E-state index contributed by atoms with van der Waals surface area (Å²) in [6.45, 7) is 3.30. The summed E-state index contributed by atoms with van der Waals surface area (Å²) in [6.07, 6.45) is 0.823. The summed E-state index contributed by atoms with van der Waals surface area (Å²) >= 11 is 3.40. The van der Waals surface area contributed by atoms with Crippen LogP contribution >= 0.6 is 23.1 Å². The number of aryl methyl sites for hydroxylation is 1. The second-order valence-electron chi connectivity index (χ2n) is 4.77. The standard InChI is InChI=1S/C16H20N2O2S2/c1-12-18-14(10-21-12)11-22-15-6-4-13(5-7-15)16(19)17-8-3-9-20-2/h4-7,10H,3,8-9,11H2,1-2H3,(H,17,19). The van der Waals surface area contributed by atoms with Crippen LogP contribution in [0.25, 0.3) is 0 Å². The quantitative estimate of drug-likeness (QED) is 0.592. The zero-order valence-electron chi connectivity index (χ0n) is 12.8. The van der Waals surface area contributed by atoms with Crippen LogP contribution in [0.3, 0.4) is 0 Å². The predicted octanol–water partition coefficient (Wildman–Crippen LogP) is 3.51. The molecule has 0 bridgehead atoms. The van der Waals surface area contributed by atoms with Crippen molar-refractivity contribution < 1.29 is 9.53 Å². The van der Waals surface area contributed by atoms with Crippen LogP contribution in [-0.2, 0) is 10.5 Å². The number of methoxy groups -OCH3 is 1. The van der Waals surface area contributed by atoms with E-state index in [0.717, 1.165) is 27.8 Å². The lowest BCUT2D eigenvalue weighted by Crippen LogP contribution is -2.25. The van der Waals surface area contributed by atoms with Gasteiger partial charge >= 0.3 is 0 Å². The number of nitrogens with one attached hydrogen (secondary N) is 1. The van der Waals surface area contributed by atoms with Crippen LogP contribution in [0.4, 0.5) is 0 Å². The number of carbonyl (C=O) groups is 1. The Morgan fingerprint density at radius 3 is 2.77 bits per heavy atom. The van der Waals surface area contributed by atoms with E-state index >= 15 is 0 Å². The number of aromatic nitrogens is 1. The Balaban J connectivity index is 1.80. The molecule has 22 heavy (non-hydrogen) atoms. The van der Waals surface area contributed by atoms with Gasteiger partial charge in [-0.25, -0.2) is 4.98 Å². The molecule has 0 saturated carbocycles. The van der Waals surface area contributed by atoms with E-state index in [1.54, 1.807) is 30.2 Å². The van der Waals surface area contributed by atoms with E-state index in [1.165, 1.54) is 0 Å². The van der Waals surface area contributed by atoms with E-state index < -0.39 is 0 Å². The highest BCUT2D eigenvalue weighted by Crippen LogP contribution is 2.23. The van der Waals surface area contributed by atoms with Gasteiger partial charge < -0.3 is 10.1 Å². The number of thiazole rings is 1. The van der Waals surface area contributed by atoms with Crippen molar-refractivity contribution >= 4 is 29.0 Å². The maximum atomic E-state index is 11.9. The highest BCUT2D eigenvalue weighted by atomic mass is 32.2. The van der Waals surface area contributed by atoms with Crippen LogP contribution in [0.5, 0.6) is 0 Å². The highest BCUT2D eigenvalue weighted by Gasteiger charge is 2.05. The largest absolute Gasteiger partial charge is 0.385 e. The number of ether oxygens (including phenoxy) is 1. The van der Waals surface area contributed by atoms with E-state index in [1.807, 2.05) is 31.2 Å². The molecular weight excluding hydrogens is 316 g/mol. The Kier molecular flexibility index (Phi) is 6.89. The third-order valence-corrected chi connectivity index (χ3v) is 4.85. The van der Waals surface area contributed by atoms with E-state index in [4.69, 9.17) is 4.74 Å². The van der Waals surface area contributed by atoms with Crippen LogP contribution < -0.4 is 5.32 Å². The maximum absolute atomic E-state index is 11.9. The summed E-state index contributed by atoms with van der Waals surface area (Å²) in [4.78, 5) is 17.5. The van der Waals surface area contributed by atoms with Gasteiger partial charge in [-0.1, -0.05) is 0 Å². The number of thioether (sulfide) groups is 1. The van der Waals surface area contributed by atoms with Crippen molar-refractivity contribution in [2.45, 2.75) is 24.0 Å². The summed E-state index contributed by atoms with van der Waals surface area (Å²) in [7, 11) is 1.66. The van der Waals surface area contributed by atoms with Gasteiger partial charge in [0.1, 0.15) is 0 Å². The van der Waals surface area contributed by atoms with E-state index in [9.17, 15) is 4.79 Å². The third-order valence-electron chi connectivity index (χ3n) is 2.98. The molecule has 1 N–H and O–H groups in total. The summed E-state index contributed by atoms with van der Waals surface area (Å²) in [5.74, 6) is 0.815. The van der Waals surface area contributed by atoms with Crippen molar-refractivity contribution in [3.05, 3.63) is 45.9 Å².